The van der Waals surface area contributed by atoms with Crippen LogP contribution in [0.5, 0.6) is 0 Å². The Morgan fingerprint density at radius 3 is 1.67 bits per heavy atom. The molecule has 0 aliphatic carbocycles. The molecule has 0 aromatic carbocycles. The topological polar surface area (TPSA) is 36.9 Å². The molecule has 0 fully saturated rings. The molecule has 0 N–H and O–H groups in total. The predicted molar refractivity (Wildman–Crippen MR) is 89.2 cm³/mol. The van der Waals surface area contributed by atoms with E-state index in [9.17, 15) is 0 Å². The van der Waals surface area contributed by atoms with E-state index in [0.29, 0.717) is 19.8 Å². The highest BCUT2D eigenvalue weighted by molar-refractivity contribution is 6.53. The van der Waals surface area contributed by atoms with Crippen molar-refractivity contribution in [2.75, 3.05) is 19.8 Å². The van der Waals surface area contributed by atoms with Crippen LogP contribution in [-0.2, 0) is 17.7 Å². The Labute approximate surface area is 133 Å². The van der Waals surface area contributed by atoms with E-state index in [2.05, 4.69) is 13.8 Å². The molecule has 128 valence electrons. The largest absolute Gasteiger partial charge is 0.679 e. The SMILES string of the molecule is CCCCCCCCC(C)O[Si](OCC)(OCC)OCC. The van der Waals surface area contributed by atoms with Crippen LogP contribution in [0.1, 0.15) is 79.6 Å². The molecule has 0 rings (SSSR count). The number of rotatable bonds is 15. The summed E-state index contributed by atoms with van der Waals surface area (Å²) < 4.78 is 23.2. The Bertz CT molecular complexity index is 209. The first-order valence-corrected chi connectivity index (χ1v) is 10.4. The van der Waals surface area contributed by atoms with Crippen LogP contribution in [0.25, 0.3) is 0 Å². The van der Waals surface area contributed by atoms with Crippen molar-refractivity contribution in [1.29, 1.82) is 0 Å². The lowest BCUT2D eigenvalue weighted by Gasteiger charge is -2.29. The van der Waals surface area contributed by atoms with Crippen LogP contribution >= 0.6 is 0 Å². The maximum Gasteiger partial charge on any atom is 0.679 e. The minimum absolute atomic E-state index is 0.118. The van der Waals surface area contributed by atoms with Crippen LogP contribution < -0.4 is 0 Å². The fraction of sp³-hybridized carbons (Fsp3) is 1.00. The van der Waals surface area contributed by atoms with E-state index < -0.39 is 9.05 Å². The van der Waals surface area contributed by atoms with Gasteiger partial charge in [0.15, 0.2) is 0 Å². The van der Waals surface area contributed by atoms with Crippen molar-refractivity contribution in [3.05, 3.63) is 0 Å². The van der Waals surface area contributed by atoms with Gasteiger partial charge < -0.3 is 17.7 Å². The average molecular weight is 321 g/mol. The van der Waals surface area contributed by atoms with E-state index in [1.54, 1.807) is 0 Å². The molecule has 4 nitrogen and oxygen atoms in total. The third-order valence-corrected chi connectivity index (χ3v) is 5.89. The summed E-state index contributed by atoms with van der Waals surface area (Å²) in [5.41, 5.74) is 0. The van der Waals surface area contributed by atoms with Crippen molar-refractivity contribution in [3.8, 4) is 0 Å². The molecule has 1 atom stereocenters. The minimum atomic E-state index is -2.94. The predicted octanol–water partition coefficient (Wildman–Crippen LogP) is 4.69. The summed E-state index contributed by atoms with van der Waals surface area (Å²) in [5, 5.41) is 0. The Balaban J connectivity index is 4.10. The Morgan fingerprint density at radius 1 is 0.714 bits per heavy atom. The van der Waals surface area contributed by atoms with Crippen molar-refractivity contribution in [1.82, 2.24) is 0 Å². The summed E-state index contributed by atoms with van der Waals surface area (Å²) in [6, 6.07) is 0. The zero-order valence-electron chi connectivity index (χ0n) is 14.8. The quantitative estimate of drug-likeness (QED) is 0.324. The molecule has 0 saturated carbocycles. The van der Waals surface area contributed by atoms with Crippen molar-refractivity contribution >= 4 is 9.05 Å². The molecule has 0 amide bonds. The molecule has 21 heavy (non-hydrogen) atoms. The number of hydrogen-bond acceptors (Lipinski definition) is 4. The van der Waals surface area contributed by atoms with Gasteiger partial charge in [0.25, 0.3) is 0 Å². The lowest BCUT2D eigenvalue weighted by Crippen LogP contribution is -2.51. The molecule has 0 bridgehead atoms. The summed E-state index contributed by atoms with van der Waals surface area (Å²) in [6.45, 7) is 11.8. The Morgan fingerprint density at radius 2 is 1.19 bits per heavy atom. The third-order valence-electron chi connectivity index (χ3n) is 3.27. The second-order valence-electron chi connectivity index (χ2n) is 5.28. The maximum absolute atomic E-state index is 6.06. The van der Waals surface area contributed by atoms with Crippen LogP contribution in [0.2, 0.25) is 0 Å². The van der Waals surface area contributed by atoms with Gasteiger partial charge in [0.1, 0.15) is 0 Å². The molecule has 0 aromatic heterocycles. The van der Waals surface area contributed by atoms with Gasteiger partial charge in [-0.3, -0.25) is 0 Å². The summed E-state index contributed by atoms with van der Waals surface area (Å²) in [6.07, 6.45) is 8.94. The number of unbranched alkanes of at least 4 members (excludes halogenated alkanes) is 5. The Hall–Kier alpha value is 0.0569. The first-order chi connectivity index (χ1) is 10.1. The monoisotopic (exact) mass is 320 g/mol. The average Bonchev–Trinajstić information content (AvgIpc) is 2.43. The van der Waals surface area contributed by atoms with Gasteiger partial charge in [-0.05, 0) is 34.1 Å². The van der Waals surface area contributed by atoms with Gasteiger partial charge in [-0.25, -0.2) is 0 Å². The first-order valence-electron chi connectivity index (χ1n) is 8.73. The van der Waals surface area contributed by atoms with E-state index in [-0.39, 0.29) is 6.10 Å². The minimum Gasteiger partial charge on any atom is -0.351 e. The first kappa shape index (κ1) is 21.1. The number of hydrogen-bond donors (Lipinski definition) is 0. The molecule has 0 spiro atoms. The van der Waals surface area contributed by atoms with Gasteiger partial charge in [-0.2, -0.15) is 0 Å². The highest BCUT2D eigenvalue weighted by Gasteiger charge is 2.46. The fourth-order valence-electron chi connectivity index (χ4n) is 2.27. The molecule has 0 aliphatic rings. The summed E-state index contributed by atoms with van der Waals surface area (Å²) >= 11 is 0. The van der Waals surface area contributed by atoms with Crippen molar-refractivity contribution < 1.29 is 17.7 Å². The van der Waals surface area contributed by atoms with Gasteiger partial charge in [-0.15, -0.1) is 0 Å². The molecule has 0 aliphatic heterocycles. The van der Waals surface area contributed by atoms with E-state index in [4.69, 9.17) is 17.7 Å². The normalized spacial score (nSPS) is 13.6. The zero-order chi connectivity index (χ0) is 16.0. The molecular formula is C16H36O4Si. The molecule has 0 heterocycles. The van der Waals surface area contributed by atoms with Gasteiger partial charge in [0, 0.05) is 25.9 Å². The second-order valence-corrected chi connectivity index (χ2v) is 7.39. The van der Waals surface area contributed by atoms with E-state index in [1.807, 2.05) is 20.8 Å². The van der Waals surface area contributed by atoms with Gasteiger partial charge >= 0.3 is 9.05 Å². The summed E-state index contributed by atoms with van der Waals surface area (Å²) in [5.74, 6) is 0. The maximum atomic E-state index is 6.06. The van der Waals surface area contributed by atoms with Crippen LogP contribution in [-0.4, -0.2) is 35.0 Å². The van der Waals surface area contributed by atoms with Gasteiger partial charge in [0.2, 0.25) is 0 Å². The third kappa shape index (κ3) is 10.4. The molecule has 0 saturated heterocycles. The molecule has 0 radical (unpaired) electrons. The summed E-state index contributed by atoms with van der Waals surface area (Å²) in [7, 11) is -2.94. The van der Waals surface area contributed by atoms with E-state index in [0.717, 1.165) is 6.42 Å². The highest BCUT2D eigenvalue weighted by Crippen LogP contribution is 2.18. The van der Waals surface area contributed by atoms with Crippen LogP contribution in [0, 0.1) is 0 Å². The molecule has 1 unspecified atom stereocenters. The van der Waals surface area contributed by atoms with Crippen LogP contribution in [0.15, 0.2) is 0 Å². The molecular weight excluding hydrogens is 284 g/mol. The van der Waals surface area contributed by atoms with E-state index in [1.165, 1.54) is 38.5 Å². The van der Waals surface area contributed by atoms with Crippen molar-refractivity contribution in [3.63, 3.8) is 0 Å². The smallest absolute Gasteiger partial charge is 0.351 e. The lowest BCUT2D eigenvalue weighted by atomic mass is 10.1. The standard InChI is InChI=1S/C16H36O4Si/c1-6-10-11-12-13-14-15-16(5)20-21(17-7-2,18-8-3)19-9-4/h16H,6-15H2,1-5H3. The molecule has 0 aromatic rings. The van der Waals surface area contributed by atoms with E-state index >= 15 is 0 Å². The lowest BCUT2D eigenvalue weighted by molar-refractivity contribution is -0.0481. The van der Waals surface area contributed by atoms with Crippen molar-refractivity contribution in [2.24, 2.45) is 0 Å². The molecule has 5 heteroatoms. The van der Waals surface area contributed by atoms with Gasteiger partial charge in [-0.1, -0.05) is 45.4 Å². The zero-order valence-corrected chi connectivity index (χ0v) is 15.8. The van der Waals surface area contributed by atoms with Gasteiger partial charge in [0.05, 0.1) is 0 Å². The highest BCUT2D eigenvalue weighted by atomic mass is 28.4. The van der Waals surface area contributed by atoms with Crippen LogP contribution in [0.4, 0.5) is 0 Å². The summed E-state index contributed by atoms with van der Waals surface area (Å²) in [4.78, 5) is 0. The van der Waals surface area contributed by atoms with Crippen LogP contribution in [0.3, 0.4) is 0 Å². The fourth-order valence-corrected chi connectivity index (χ4v) is 4.40. The Kier molecular flexibility index (Phi) is 13.7. The van der Waals surface area contributed by atoms with Crippen molar-refractivity contribution in [2.45, 2.75) is 85.7 Å². The second kappa shape index (κ2) is 13.7.